The van der Waals surface area contributed by atoms with Crippen LogP contribution in [-0.2, 0) is 0 Å². The lowest BCUT2D eigenvalue weighted by Crippen LogP contribution is -2.41. The molecule has 0 unspecified atom stereocenters. The predicted molar refractivity (Wildman–Crippen MR) is 67.8 cm³/mol. The van der Waals surface area contributed by atoms with Gasteiger partial charge >= 0.3 is 0 Å². The highest BCUT2D eigenvalue weighted by molar-refractivity contribution is 5.80. The number of hydrogen-bond donors (Lipinski definition) is 2. The van der Waals surface area contributed by atoms with Crippen molar-refractivity contribution in [2.45, 2.75) is 25.7 Å². The van der Waals surface area contributed by atoms with Crippen LogP contribution in [0.1, 0.15) is 25.7 Å². The molecule has 0 aromatic heterocycles. The summed E-state index contributed by atoms with van der Waals surface area (Å²) in [5.74, 6) is 1.92. The average Bonchev–Trinajstić information content (AvgIpc) is 2.33. The standard InChI is InChI=1S/C12H24N4/c1-16-9-4-11(5-10-16)3-8-15-12-13-6-2-7-14-12/h11H,2-10H2,1H3,(H2,13,14,15). The number of rotatable bonds is 3. The average molecular weight is 224 g/mol. The molecule has 2 N–H and O–H groups in total. The van der Waals surface area contributed by atoms with E-state index in [0.29, 0.717) is 0 Å². The van der Waals surface area contributed by atoms with Gasteiger partial charge in [-0.15, -0.1) is 0 Å². The monoisotopic (exact) mass is 224 g/mol. The number of hydrogen-bond acceptors (Lipinski definition) is 4. The number of piperidine rings is 1. The quantitative estimate of drug-likeness (QED) is 0.740. The van der Waals surface area contributed by atoms with Crippen molar-refractivity contribution in [3.05, 3.63) is 0 Å². The fraction of sp³-hybridized carbons (Fsp3) is 0.917. The Balaban J connectivity index is 1.59. The fourth-order valence-electron chi connectivity index (χ4n) is 2.40. The molecule has 0 saturated carbocycles. The molecule has 0 atom stereocenters. The topological polar surface area (TPSA) is 39.7 Å². The maximum atomic E-state index is 4.41. The van der Waals surface area contributed by atoms with Gasteiger partial charge in [0.15, 0.2) is 5.96 Å². The number of guanidine groups is 1. The maximum Gasteiger partial charge on any atom is 0.191 e. The number of likely N-dealkylation sites (tertiary alicyclic amines) is 1. The van der Waals surface area contributed by atoms with E-state index in [1.165, 1.54) is 38.8 Å². The summed E-state index contributed by atoms with van der Waals surface area (Å²) >= 11 is 0. The largest absolute Gasteiger partial charge is 0.356 e. The molecule has 16 heavy (non-hydrogen) atoms. The van der Waals surface area contributed by atoms with E-state index in [-0.39, 0.29) is 0 Å². The van der Waals surface area contributed by atoms with Crippen LogP contribution in [0.4, 0.5) is 0 Å². The Morgan fingerprint density at radius 3 is 2.94 bits per heavy atom. The highest BCUT2D eigenvalue weighted by Gasteiger charge is 2.16. The molecule has 2 heterocycles. The molecule has 1 fully saturated rings. The minimum atomic E-state index is 0.910. The number of nitrogens with zero attached hydrogens (tertiary/aromatic N) is 2. The summed E-state index contributed by atoms with van der Waals surface area (Å²) in [5.41, 5.74) is 0. The van der Waals surface area contributed by atoms with Gasteiger partial charge in [-0.05, 0) is 51.7 Å². The third kappa shape index (κ3) is 3.67. The molecule has 0 radical (unpaired) electrons. The van der Waals surface area contributed by atoms with Crippen LogP contribution in [0.3, 0.4) is 0 Å². The normalized spacial score (nSPS) is 23.7. The van der Waals surface area contributed by atoms with E-state index in [2.05, 4.69) is 27.6 Å². The van der Waals surface area contributed by atoms with Crippen LogP contribution in [0.5, 0.6) is 0 Å². The summed E-state index contributed by atoms with van der Waals surface area (Å²) in [5, 5.41) is 6.70. The summed E-state index contributed by atoms with van der Waals surface area (Å²) in [7, 11) is 2.22. The van der Waals surface area contributed by atoms with E-state index in [1.807, 2.05) is 0 Å². The van der Waals surface area contributed by atoms with E-state index in [9.17, 15) is 0 Å². The van der Waals surface area contributed by atoms with Crippen LogP contribution in [0, 0.1) is 5.92 Å². The van der Waals surface area contributed by atoms with Crippen molar-refractivity contribution in [2.75, 3.05) is 39.8 Å². The molecule has 4 nitrogen and oxygen atoms in total. The first-order chi connectivity index (χ1) is 7.84. The van der Waals surface area contributed by atoms with Gasteiger partial charge in [0.2, 0.25) is 0 Å². The van der Waals surface area contributed by atoms with E-state index in [1.54, 1.807) is 0 Å². The van der Waals surface area contributed by atoms with Gasteiger partial charge in [0.05, 0.1) is 0 Å². The Bertz CT molecular complexity index is 231. The molecule has 0 amide bonds. The molecule has 2 aliphatic heterocycles. The van der Waals surface area contributed by atoms with E-state index >= 15 is 0 Å². The number of nitrogens with one attached hydrogen (secondary N) is 2. The van der Waals surface area contributed by atoms with Gasteiger partial charge in [0.1, 0.15) is 0 Å². The lowest BCUT2D eigenvalue weighted by Gasteiger charge is -2.29. The Hall–Kier alpha value is -0.770. The fourth-order valence-corrected chi connectivity index (χ4v) is 2.40. The van der Waals surface area contributed by atoms with Crippen LogP contribution < -0.4 is 10.6 Å². The zero-order valence-corrected chi connectivity index (χ0v) is 10.3. The van der Waals surface area contributed by atoms with Gasteiger partial charge in [-0.1, -0.05) is 0 Å². The van der Waals surface area contributed by atoms with Crippen molar-refractivity contribution in [1.82, 2.24) is 15.5 Å². The second-order valence-electron chi connectivity index (χ2n) is 4.97. The summed E-state index contributed by atoms with van der Waals surface area (Å²) in [6.07, 6.45) is 5.17. The van der Waals surface area contributed by atoms with Gasteiger partial charge in [-0.3, -0.25) is 4.99 Å². The Labute approximate surface area is 98.5 Å². The SMILES string of the molecule is CN1CCC(CCNC2=NCCCN2)CC1. The molecule has 2 rings (SSSR count). The van der Waals surface area contributed by atoms with E-state index < -0.39 is 0 Å². The summed E-state index contributed by atoms with van der Waals surface area (Å²) in [6, 6.07) is 0. The zero-order chi connectivity index (χ0) is 11.2. The Morgan fingerprint density at radius 2 is 2.25 bits per heavy atom. The minimum Gasteiger partial charge on any atom is -0.356 e. The van der Waals surface area contributed by atoms with Gasteiger partial charge < -0.3 is 15.5 Å². The lowest BCUT2D eigenvalue weighted by atomic mass is 9.94. The highest BCUT2D eigenvalue weighted by atomic mass is 15.2. The van der Waals surface area contributed by atoms with Gasteiger partial charge in [0, 0.05) is 19.6 Å². The third-order valence-electron chi connectivity index (χ3n) is 3.58. The van der Waals surface area contributed by atoms with E-state index in [4.69, 9.17) is 0 Å². The zero-order valence-electron chi connectivity index (χ0n) is 10.3. The van der Waals surface area contributed by atoms with Crippen LogP contribution in [0.15, 0.2) is 4.99 Å². The predicted octanol–water partition coefficient (Wildman–Crippen LogP) is 0.657. The number of aliphatic imine (C=N–C) groups is 1. The van der Waals surface area contributed by atoms with Crippen molar-refractivity contribution in [2.24, 2.45) is 10.9 Å². The Kier molecular flexibility index (Phi) is 4.45. The smallest absolute Gasteiger partial charge is 0.191 e. The van der Waals surface area contributed by atoms with Crippen LogP contribution in [0.25, 0.3) is 0 Å². The van der Waals surface area contributed by atoms with Crippen molar-refractivity contribution in [3.8, 4) is 0 Å². The minimum absolute atomic E-state index is 0.910. The third-order valence-corrected chi connectivity index (χ3v) is 3.58. The van der Waals surface area contributed by atoms with Gasteiger partial charge in [0.25, 0.3) is 0 Å². The molecule has 0 bridgehead atoms. The van der Waals surface area contributed by atoms with Crippen molar-refractivity contribution in [3.63, 3.8) is 0 Å². The van der Waals surface area contributed by atoms with E-state index in [0.717, 1.165) is 31.5 Å². The van der Waals surface area contributed by atoms with Crippen molar-refractivity contribution >= 4 is 5.96 Å². The van der Waals surface area contributed by atoms with Gasteiger partial charge in [-0.25, -0.2) is 0 Å². The van der Waals surface area contributed by atoms with Crippen molar-refractivity contribution in [1.29, 1.82) is 0 Å². The second kappa shape index (κ2) is 6.09. The Morgan fingerprint density at radius 1 is 1.44 bits per heavy atom. The molecule has 4 heteroatoms. The lowest BCUT2D eigenvalue weighted by molar-refractivity contribution is 0.213. The molecular formula is C12H24N4. The van der Waals surface area contributed by atoms with Crippen molar-refractivity contribution < 1.29 is 0 Å². The summed E-state index contributed by atoms with van der Waals surface area (Å²) < 4.78 is 0. The molecule has 92 valence electrons. The summed E-state index contributed by atoms with van der Waals surface area (Å²) in [4.78, 5) is 6.84. The highest BCUT2D eigenvalue weighted by Crippen LogP contribution is 2.18. The first-order valence-corrected chi connectivity index (χ1v) is 6.55. The van der Waals surface area contributed by atoms with Gasteiger partial charge in [-0.2, -0.15) is 0 Å². The maximum absolute atomic E-state index is 4.41. The van der Waals surface area contributed by atoms with Crippen LogP contribution in [0.2, 0.25) is 0 Å². The van der Waals surface area contributed by atoms with Crippen LogP contribution >= 0.6 is 0 Å². The van der Waals surface area contributed by atoms with Crippen LogP contribution in [-0.4, -0.2) is 50.6 Å². The molecule has 0 aromatic carbocycles. The summed E-state index contributed by atoms with van der Waals surface area (Å²) in [6.45, 7) is 5.65. The second-order valence-corrected chi connectivity index (χ2v) is 4.97. The molecule has 2 aliphatic rings. The molecule has 1 saturated heterocycles. The molecule has 0 aromatic rings. The molecule has 0 aliphatic carbocycles. The first-order valence-electron chi connectivity index (χ1n) is 6.55. The molecule has 0 spiro atoms. The molecular weight excluding hydrogens is 200 g/mol. The first kappa shape index (κ1) is 11.7.